The normalized spacial score (nSPS) is 13.9. The number of nitrogens with one attached hydrogen (secondary N) is 1. The van der Waals surface area contributed by atoms with Crippen LogP contribution in [-0.4, -0.2) is 37.5 Å². The van der Waals surface area contributed by atoms with Gasteiger partial charge in [-0.25, -0.2) is 0 Å². The van der Waals surface area contributed by atoms with Crippen LogP contribution in [0.1, 0.15) is 59.0 Å². The standard InChI is InChI=1S/C23H29N3O4/c1-5-16(23(29)30)21(24)20(27)11-26-14(4)19(13(3)25-26)10-15-9-12(2)22(28)18-8-6-7-17(15)18/h9,16,24,28H,5-8,10-11H2,1-4H3,(H,29,30). The lowest BCUT2D eigenvalue weighted by molar-refractivity contribution is -0.140. The molecule has 1 heterocycles. The summed E-state index contributed by atoms with van der Waals surface area (Å²) in [7, 11) is 0. The highest BCUT2D eigenvalue weighted by atomic mass is 16.4. The molecule has 1 aliphatic carbocycles. The molecule has 160 valence electrons. The summed E-state index contributed by atoms with van der Waals surface area (Å²) in [5.41, 5.74) is 6.62. The number of carboxylic acid groups (broad SMARTS) is 1. The van der Waals surface area contributed by atoms with Crippen molar-refractivity contribution in [2.75, 3.05) is 0 Å². The van der Waals surface area contributed by atoms with Crippen LogP contribution in [0.15, 0.2) is 6.07 Å². The maximum atomic E-state index is 12.5. The number of aliphatic carboxylic acids is 1. The molecule has 30 heavy (non-hydrogen) atoms. The summed E-state index contributed by atoms with van der Waals surface area (Å²) in [6, 6.07) is 2.04. The molecule has 0 spiro atoms. The largest absolute Gasteiger partial charge is 0.507 e. The molecule has 0 aliphatic heterocycles. The van der Waals surface area contributed by atoms with Gasteiger partial charge in [-0.15, -0.1) is 0 Å². The molecule has 3 rings (SSSR count). The highest BCUT2D eigenvalue weighted by Gasteiger charge is 2.27. The van der Waals surface area contributed by atoms with E-state index in [-0.39, 0.29) is 18.7 Å². The fourth-order valence-corrected chi connectivity index (χ4v) is 4.42. The average molecular weight is 412 g/mol. The van der Waals surface area contributed by atoms with Crippen LogP contribution in [0, 0.1) is 32.1 Å². The van der Waals surface area contributed by atoms with Gasteiger partial charge in [0.1, 0.15) is 18.2 Å². The van der Waals surface area contributed by atoms with Gasteiger partial charge in [-0.05, 0) is 68.7 Å². The fraction of sp³-hybridized carbons (Fsp3) is 0.478. The molecule has 1 unspecified atom stereocenters. The average Bonchev–Trinajstić information content (AvgIpc) is 3.27. The van der Waals surface area contributed by atoms with Gasteiger partial charge in [0, 0.05) is 17.7 Å². The molecular weight excluding hydrogens is 382 g/mol. The van der Waals surface area contributed by atoms with E-state index in [1.165, 1.54) is 11.1 Å². The number of phenols is 1. The Morgan fingerprint density at radius 3 is 2.53 bits per heavy atom. The van der Waals surface area contributed by atoms with Gasteiger partial charge >= 0.3 is 5.97 Å². The first kappa shape index (κ1) is 21.7. The first-order chi connectivity index (χ1) is 14.1. The number of carboxylic acids is 1. The monoisotopic (exact) mass is 411 g/mol. The summed E-state index contributed by atoms with van der Waals surface area (Å²) in [6.45, 7) is 7.22. The Morgan fingerprint density at radius 2 is 1.90 bits per heavy atom. The van der Waals surface area contributed by atoms with Crippen molar-refractivity contribution in [1.29, 1.82) is 5.41 Å². The maximum absolute atomic E-state index is 12.5. The molecular formula is C23H29N3O4. The maximum Gasteiger partial charge on any atom is 0.312 e. The molecule has 0 saturated carbocycles. The second kappa shape index (κ2) is 8.42. The molecule has 0 bridgehead atoms. The number of fused-ring (bicyclic) bond motifs is 1. The van der Waals surface area contributed by atoms with Crippen molar-refractivity contribution in [3.63, 3.8) is 0 Å². The van der Waals surface area contributed by atoms with Crippen molar-refractivity contribution in [1.82, 2.24) is 9.78 Å². The minimum Gasteiger partial charge on any atom is -0.507 e. The van der Waals surface area contributed by atoms with Gasteiger partial charge in [0.05, 0.1) is 11.4 Å². The van der Waals surface area contributed by atoms with Crippen LogP contribution in [0.3, 0.4) is 0 Å². The summed E-state index contributed by atoms with van der Waals surface area (Å²) in [5, 5.41) is 32.0. The van der Waals surface area contributed by atoms with Crippen LogP contribution in [-0.2, 0) is 35.4 Å². The number of nitrogens with zero attached hydrogens (tertiary/aromatic N) is 2. The Bertz CT molecular complexity index is 1040. The van der Waals surface area contributed by atoms with E-state index in [0.29, 0.717) is 12.2 Å². The van der Waals surface area contributed by atoms with Crippen LogP contribution in [0.5, 0.6) is 5.75 Å². The molecule has 1 aromatic heterocycles. The van der Waals surface area contributed by atoms with Gasteiger partial charge in [0.15, 0.2) is 5.78 Å². The van der Waals surface area contributed by atoms with E-state index < -0.39 is 17.7 Å². The zero-order chi connectivity index (χ0) is 22.2. The number of aromatic hydroxyl groups is 1. The zero-order valence-electron chi connectivity index (χ0n) is 18.0. The van der Waals surface area contributed by atoms with Crippen LogP contribution < -0.4 is 0 Å². The highest BCUT2D eigenvalue weighted by molar-refractivity contribution is 6.42. The predicted octanol–water partition coefficient (Wildman–Crippen LogP) is 3.29. The third kappa shape index (κ3) is 3.88. The van der Waals surface area contributed by atoms with E-state index >= 15 is 0 Å². The van der Waals surface area contributed by atoms with Crippen molar-refractivity contribution in [3.8, 4) is 5.75 Å². The van der Waals surface area contributed by atoms with Gasteiger partial charge in [-0.3, -0.25) is 14.3 Å². The molecule has 1 aliphatic rings. The van der Waals surface area contributed by atoms with Crippen LogP contribution in [0.2, 0.25) is 0 Å². The summed E-state index contributed by atoms with van der Waals surface area (Å²) in [6.07, 6.45) is 3.75. The number of carbonyl (C=O) groups excluding carboxylic acids is 1. The number of benzene rings is 1. The number of rotatable bonds is 8. The molecule has 0 fully saturated rings. The number of phenolic OH excluding ortho intramolecular Hbond substituents is 1. The predicted molar refractivity (Wildman–Crippen MR) is 114 cm³/mol. The van der Waals surface area contributed by atoms with Gasteiger partial charge in [0.25, 0.3) is 0 Å². The number of hydrogen-bond acceptors (Lipinski definition) is 5. The van der Waals surface area contributed by atoms with E-state index in [1.54, 1.807) is 11.6 Å². The molecule has 0 amide bonds. The zero-order valence-corrected chi connectivity index (χ0v) is 18.0. The van der Waals surface area contributed by atoms with Crippen molar-refractivity contribution in [2.45, 2.75) is 66.3 Å². The van der Waals surface area contributed by atoms with Crippen LogP contribution in [0.25, 0.3) is 0 Å². The number of ketones is 1. The first-order valence-corrected chi connectivity index (χ1v) is 10.4. The second-order valence-corrected chi connectivity index (χ2v) is 8.13. The van der Waals surface area contributed by atoms with Gasteiger partial charge in [-0.2, -0.15) is 5.10 Å². The number of Topliss-reactive ketones (excluding diaryl/α,β-unsaturated/α-hetero) is 1. The lowest BCUT2D eigenvalue weighted by Crippen LogP contribution is -2.31. The minimum absolute atomic E-state index is 0.137. The quantitative estimate of drug-likeness (QED) is 0.576. The molecule has 7 heteroatoms. The van der Waals surface area contributed by atoms with E-state index in [4.69, 9.17) is 5.41 Å². The molecule has 2 aromatic rings. The Labute approximate surface area is 176 Å². The van der Waals surface area contributed by atoms with Crippen molar-refractivity contribution < 1.29 is 19.8 Å². The summed E-state index contributed by atoms with van der Waals surface area (Å²) in [4.78, 5) is 23.8. The molecule has 1 aromatic carbocycles. The van der Waals surface area contributed by atoms with E-state index in [2.05, 4.69) is 5.10 Å². The smallest absolute Gasteiger partial charge is 0.312 e. The van der Waals surface area contributed by atoms with Gasteiger partial charge < -0.3 is 15.6 Å². The summed E-state index contributed by atoms with van der Waals surface area (Å²) >= 11 is 0. The van der Waals surface area contributed by atoms with E-state index in [1.807, 2.05) is 26.8 Å². The van der Waals surface area contributed by atoms with Crippen LogP contribution >= 0.6 is 0 Å². The molecule has 3 N–H and O–H groups in total. The molecule has 0 saturated heterocycles. The van der Waals surface area contributed by atoms with E-state index in [9.17, 15) is 19.8 Å². The number of hydrogen-bond donors (Lipinski definition) is 3. The topological polar surface area (TPSA) is 116 Å². The Balaban J connectivity index is 1.86. The van der Waals surface area contributed by atoms with Crippen molar-refractivity contribution in [3.05, 3.63) is 45.3 Å². The summed E-state index contributed by atoms with van der Waals surface area (Å²) < 4.78 is 1.57. The Morgan fingerprint density at radius 1 is 1.23 bits per heavy atom. The third-order valence-corrected chi connectivity index (χ3v) is 6.20. The summed E-state index contributed by atoms with van der Waals surface area (Å²) in [5.74, 6) is -2.36. The van der Waals surface area contributed by atoms with Gasteiger partial charge in [-0.1, -0.05) is 13.0 Å². The molecule has 7 nitrogen and oxygen atoms in total. The van der Waals surface area contributed by atoms with Crippen LogP contribution in [0.4, 0.5) is 0 Å². The SMILES string of the molecule is CCC(C(=N)C(=O)Cn1nc(C)c(Cc2cc(C)c(O)c3c2CCC3)c1C)C(=O)O. The number of aromatic nitrogens is 2. The second-order valence-electron chi connectivity index (χ2n) is 8.13. The number of carbonyl (C=O) groups is 2. The molecule has 0 radical (unpaired) electrons. The lowest BCUT2D eigenvalue weighted by atomic mass is 9.93. The fourth-order valence-electron chi connectivity index (χ4n) is 4.42. The van der Waals surface area contributed by atoms with Crippen molar-refractivity contribution >= 4 is 17.5 Å². The minimum atomic E-state index is -1.15. The first-order valence-electron chi connectivity index (χ1n) is 10.4. The van der Waals surface area contributed by atoms with Gasteiger partial charge in [0.2, 0.25) is 0 Å². The Kier molecular flexibility index (Phi) is 6.10. The van der Waals surface area contributed by atoms with Crippen molar-refractivity contribution in [2.24, 2.45) is 5.92 Å². The molecule has 1 atom stereocenters. The Hall–Kier alpha value is -2.96. The third-order valence-electron chi connectivity index (χ3n) is 6.20. The van der Waals surface area contributed by atoms with E-state index in [0.717, 1.165) is 47.3 Å². The number of aryl methyl sites for hydroxylation is 2. The lowest BCUT2D eigenvalue weighted by Gasteiger charge is -2.14. The highest BCUT2D eigenvalue weighted by Crippen LogP contribution is 2.36.